The summed E-state index contributed by atoms with van der Waals surface area (Å²) in [6.45, 7) is 1.50. The Hall–Kier alpha value is -2.57. The summed E-state index contributed by atoms with van der Waals surface area (Å²) in [4.78, 5) is 33.6. The van der Waals surface area contributed by atoms with E-state index in [2.05, 4.69) is 10.6 Å². The highest BCUT2D eigenvalue weighted by molar-refractivity contribution is 5.81. The highest BCUT2D eigenvalue weighted by Gasteiger charge is 2.21. The van der Waals surface area contributed by atoms with Crippen molar-refractivity contribution < 1.29 is 24.2 Å². The van der Waals surface area contributed by atoms with Crippen LogP contribution in [0, 0.1) is 0 Å². The van der Waals surface area contributed by atoms with E-state index in [0.29, 0.717) is 0 Å². The summed E-state index contributed by atoms with van der Waals surface area (Å²) in [5, 5.41) is 13.6. The fourth-order valence-corrected chi connectivity index (χ4v) is 1.45. The normalized spacial score (nSPS) is 11.3. The van der Waals surface area contributed by atoms with Crippen LogP contribution in [0.25, 0.3) is 0 Å². The third-order valence-electron chi connectivity index (χ3n) is 2.63. The Labute approximate surface area is 122 Å². The number of aliphatic carboxylic acids is 1. The van der Waals surface area contributed by atoms with Crippen LogP contribution in [0.4, 0.5) is 4.79 Å². The average Bonchev–Trinajstić information content (AvgIpc) is 2.49. The maximum absolute atomic E-state index is 11.5. The number of hydrogen-bond donors (Lipinski definition) is 3. The Morgan fingerprint density at radius 1 is 1.24 bits per heavy atom. The van der Waals surface area contributed by atoms with E-state index in [0.717, 1.165) is 5.56 Å². The molecule has 114 valence electrons. The lowest BCUT2D eigenvalue weighted by Crippen LogP contribution is -2.48. The first-order valence-electron chi connectivity index (χ1n) is 6.49. The topological polar surface area (TPSA) is 105 Å². The van der Waals surface area contributed by atoms with Gasteiger partial charge in [0.15, 0.2) is 0 Å². The van der Waals surface area contributed by atoms with Gasteiger partial charge in [-0.2, -0.15) is 0 Å². The Morgan fingerprint density at radius 2 is 1.90 bits per heavy atom. The van der Waals surface area contributed by atoms with Crippen LogP contribution in [0.5, 0.6) is 0 Å². The largest absolute Gasteiger partial charge is 0.480 e. The van der Waals surface area contributed by atoms with Crippen molar-refractivity contribution in [2.24, 2.45) is 0 Å². The van der Waals surface area contributed by atoms with Crippen molar-refractivity contribution in [2.45, 2.75) is 26.0 Å². The number of benzene rings is 1. The minimum Gasteiger partial charge on any atom is -0.480 e. The molecule has 0 spiro atoms. The third kappa shape index (κ3) is 6.42. The van der Waals surface area contributed by atoms with Gasteiger partial charge >= 0.3 is 12.1 Å². The van der Waals surface area contributed by atoms with Gasteiger partial charge in [-0.25, -0.2) is 9.59 Å². The SMILES string of the molecule is CCC(=O)NC[C@H](NC(=O)OCc1ccccc1)C(=O)O. The molecule has 0 aliphatic rings. The number of hydrogen-bond acceptors (Lipinski definition) is 4. The molecule has 0 radical (unpaired) electrons. The standard InChI is InChI=1S/C14H18N2O5/c1-2-12(17)15-8-11(13(18)19)16-14(20)21-9-10-6-4-3-5-7-10/h3-7,11H,2,8-9H2,1H3,(H,15,17)(H,16,20)(H,18,19)/t11-/m0/s1. The second-order valence-corrected chi connectivity index (χ2v) is 4.25. The molecule has 1 aromatic rings. The lowest BCUT2D eigenvalue weighted by Gasteiger charge is -2.15. The molecule has 0 aromatic heterocycles. The van der Waals surface area contributed by atoms with E-state index in [1.165, 1.54) is 0 Å². The molecule has 1 aromatic carbocycles. The molecule has 3 N–H and O–H groups in total. The number of alkyl carbamates (subject to hydrolysis) is 1. The maximum Gasteiger partial charge on any atom is 0.408 e. The summed E-state index contributed by atoms with van der Waals surface area (Å²) in [7, 11) is 0. The van der Waals surface area contributed by atoms with E-state index in [1.807, 2.05) is 6.07 Å². The predicted octanol–water partition coefficient (Wildman–Crippen LogP) is 0.892. The van der Waals surface area contributed by atoms with Gasteiger partial charge in [-0.15, -0.1) is 0 Å². The minimum atomic E-state index is -1.25. The number of carboxylic acids is 1. The van der Waals surface area contributed by atoms with E-state index < -0.39 is 18.1 Å². The van der Waals surface area contributed by atoms with Crippen LogP contribution in [0.15, 0.2) is 30.3 Å². The quantitative estimate of drug-likeness (QED) is 0.692. The van der Waals surface area contributed by atoms with E-state index in [-0.39, 0.29) is 25.5 Å². The highest BCUT2D eigenvalue weighted by atomic mass is 16.5. The lowest BCUT2D eigenvalue weighted by molar-refractivity contribution is -0.139. The fourth-order valence-electron chi connectivity index (χ4n) is 1.45. The van der Waals surface area contributed by atoms with Crippen molar-refractivity contribution in [3.63, 3.8) is 0 Å². The predicted molar refractivity (Wildman–Crippen MR) is 74.5 cm³/mol. The molecule has 0 unspecified atom stereocenters. The summed E-state index contributed by atoms with van der Waals surface area (Å²) in [6, 6.07) is 7.77. The smallest absolute Gasteiger partial charge is 0.408 e. The number of nitrogens with one attached hydrogen (secondary N) is 2. The number of ether oxygens (including phenoxy) is 1. The number of rotatable bonds is 7. The molecule has 0 aliphatic heterocycles. The van der Waals surface area contributed by atoms with E-state index in [1.54, 1.807) is 31.2 Å². The van der Waals surface area contributed by atoms with Crippen LogP contribution >= 0.6 is 0 Å². The van der Waals surface area contributed by atoms with Crippen molar-refractivity contribution in [1.82, 2.24) is 10.6 Å². The summed E-state index contributed by atoms with van der Waals surface area (Å²) in [5.41, 5.74) is 0.791. The average molecular weight is 294 g/mol. The fraction of sp³-hybridized carbons (Fsp3) is 0.357. The van der Waals surface area contributed by atoms with E-state index in [9.17, 15) is 14.4 Å². The molecular weight excluding hydrogens is 276 g/mol. The van der Waals surface area contributed by atoms with Gasteiger partial charge in [-0.3, -0.25) is 4.79 Å². The zero-order valence-electron chi connectivity index (χ0n) is 11.7. The molecule has 2 amide bonds. The van der Waals surface area contributed by atoms with Crippen LogP contribution in [-0.2, 0) is 20.9 Å². The molecule has 7 nitrogen and oxygen atoms in total. The monoisotopic (exact) mass is 294 g/mol. The van der Waals surface area contributed by atoms with Gasteiger partial charge < -0.3 is 20.5 Å². The Bertz CT molecular complexity index is 489. The summed E-state index contributed by atoms with van der Waals surface area (Å²) in [5.74, 6) is -1.54. The van der Waals surface area contributed by atoms with Gasteiger partial charge in [-0.1, -0.05) is 37.3 Å². The molecule has 0 saturated carbocycles. The van der Waals surface area contributed by atoms with Crippen LogP contribution in [-0.4, -0.2) is 35.7 Å². The van der Waals surface area contributed by atoms with Crippen molar-refractivity contribution in [3.8, 4) is 0 Å². The van der Waals surface area contributed by atoms with Gasteiger partial charge in [0.05, 0.1) is 0 Å². The molecular formula is C14H18N2O5. The second-order valence-electron chi connectivity index (χ2n) is 4.25. The number of carbonyl (C=O) groups is 3. The third-order valence-corrected chi connectivity index (χ3v) is 2.63. The first-order valence-corrected chi connectivity index (χ1v) is 6.49. The molecule has 1 atom stereocenters. The van der Waals surface area contributed by atoms with Gasteiger partial charge in [0.2, 0.25) is 5.91 Å². The molecule has 0 heterocycles. The van der Waals surface area contributed by atoms with Crippen molar-refractivity contribution in [3.05, 3.63) is 35.9 Å². The molecule has 0 fully saturated rings. The van der Waals surface area contributed by atoms with Gasteiger partial charge in [0, 0.05) is 13.0 Å². The summed E-state index contributed by atoms with van der Waals surface area (Å²) >= 11 is 0. The van der Waals surface area contributed by atoms with Gasteiger partial charge in [0.25, 0.3) is 0 Å². The Morgan fingerprint density at radius 3 is 2.48 bits per heavy atom. The van der Waals surface area contributed by atoms with Gasteiger partial charge in [-0.05, 0) is 5.56 Å². The summed E-state index contributed by atoms with van der Waals surface area (Å²) in [6.07, 6.45) is -0.609. The van der Waals surface area contributed by atoms with Crippen molar-refractivity contribution in [2.75, 3.05) is 6.54 Å². The van der Waals surface area contributed by atoms with Gasteiger partial charge in [0.1, 0.15) is 12.6 Å². The van der Waals surface area contributed by atoms with E-state index >= 15 is 0 Å². The molecule has 21 heavy (non-hydrogen) atoms. The number of carbonyl (C=O) groups excluding carboxylic acids is 2. The van der Waals surface area contributed by atoms with Crippen LogP contribution in [0.2, 0.25) is 0 Å². The first-order chi connectivity index (χ1) is 10.0. The van der Waals surface area contributed by atoms with Crippen LogP contribution in [0.1, 0.15) is 18.9 Å². The minimum absolute atomic E-state index is 0.0420. The molecule has 0 aliphatic carbocycles. The Kier molecular flexibility index (Phi) is 6.73. The first kappa shape index (κ1) is 16.5. The zero-order valence-corrected chi connectivity index (χ0v) is 11.7. The van der Waals surface area contributed by atoms with Crippen molar-refractivity contribution >= 4 is 18.0 Å². The summed E-state index contributed by atoms with van der Waals surface area (Å²) < 4.78 is 4.92. The van der Waals surface area contributed by atoms with E-state index in [4.69, 9.17) is 9.84 Å². The molecule has 7 heteroatoms. The number of amides is 2. The maximum atomic E-state index is 11.5. The zero-order chi connectivity index (χ0) is 15.7. The molecule has 1 rings (SSSR count). The highest BCUT2D eigenvalue weighted by Crippen LogP contribution is 2.00. The number of carboxylic acid groups (broad SMARTS) is 1. The Balaban J connectivity index is 2.41. The van der Waals surface area contributed by atoms with Crippen LogP contribution in [0.3, 0.4) is 0 Å². The second kappa shape index (κ2) is 8.57. The van der Waals surface area contributed by atoms with Crippen LogP contribution < -0.4 is 10.6 Å². The van der Waals surface area contributed by atoms with Crippen molar-refractivity contribution in [1.29, 1.82) is 0 Å². The molecule has 0 bridgehead atoms. The molecule has 0 saturated heterocycles. The lowest BCUT2D eigenvalue weighted by atomic mass is 10.2.